The number of H-pyrrole nitrogens is 1. The van der Waals surface area contributed by atoms with E-state index in [0.29, 0.717) is 10.6 Å². The first-order valence-corrected chi connectivity index (χ1v) is 10.1. The van der Waals surface area contributed by atoms with E-state index in [4.69, 9.17) is 0 Å². The van der Waals surface area contributed by atoms with Crippen LogP contribution in [0.1, 0.15) is 22.6 Å². The molecule has 1 unspecified atom stereocenters. The van der Waals surface area contributed by atoms with E-state index in [1.165, 1.54) is 23.5 Å². The Morgan fingerprint density at radius 1 is 1.29 bits per heavy atom. The number of hydrogen-bond donors (Lipinski definition) is 2. The molecule has 7 heteroatoms. The Kier molecular flexibility index (Phi) is 3.74. The number of fused-ring (bicyclic) bond motifs is 3. The summed E-state index contributed by atoms with van der Waals surface area (Å²) < 4.78 is 41.7. The number of thiophene rings is 1. The fraction of sp³-hybridized carbons (Fsp3) is 0.294. The van der Waals surface area contributed by atoms with Gasteiger partial charge in [0.25, 0.3) is 0 Å². The number of aromatic nitrogens is 1. The highest BCUT2D eigenvalue weighted by atomic mass is 32.2. The van der Waals surface area contributed by atoms with Crippen LogP contribution in [0.15, 0.2) is 34.5 Å². The topological polar surface area (TPSA) is 62.0 Å². The third kappa shape index (κ3) is 2.76. The third-order valence-corrected chi connectivity index (χ3v) is 7.47. The molecule has 0 spiro atoms. The van der Waals surface area contributed by atoms with Crippen molar-refractivity contribution in [3.05, 3.63) is 52.3 Å². The van der Waals surface area contributed by atoms with Gasteiger partial charge in [-0.1, -0.05) is 0 Å². The molecule has 4 rings (SSSR count). The maximum atomic E-state index is 13.6. The molecule has 1 aliphatic carbocycles. The number of halogens is 1. The number of sulfonamides is 1. The van der Waals surface area contributed by atoms with Gasteiger partial charge in [0.15, 0.2) is 0 Å². The standard InChI is InChI=1S/C17H17FN2O2S2/c1-10-2-7-17(23-10)24(21,22)20-12-4-6-16-14(9-12)13-8-11(18)3-5-15(13)19-16/h2-3,5,7-8,12,19-20H,4,6,9H2,1H3. The summed E-state index contributed by atoms with van der Waals surface area (Å²) in [5.41, 5.74) is 3.00. The first kappa shape index (κ1) is 15.8. The molecule has 24 heavy (non-hydrogen) atoms. The van der Waals surface area contributed by atoms with Crippen molar-refractivity contribution in [2.24, 2.45) is 0 Å². The van der Waals surface area contributed by atoms with Crippen LogP contribution < -0.4 is 4.72 Å². The molecule has 4 nitrogen and oxygen atoms in total. The predicted octanol–water partition coefficient (Wildman–Crippen LogP) is 3.51. The van der Waals surface area contributed by atoms with E-state index in [2.05, 4.69) is 9.71 Å². The lowest BCUT2D eigenvalue weighted by Gasteiger charge is -2.23. The minimum Gasteiger partial charge on any atom is -0.358 e. The maximum Gasteiger partial charge on any atom is 0.250 e. The van der Waals surface area contributed by atoms with Crippen LogP contribution in [0.25, 0.3) is 10.9 Å². The summed E-state index contributed by atoms with van der Waals surface area (Å²) in [6.45, 7) is 1.89. The van der Waals surface area contributed by atoms with E-state index in [-0.39, 0.29) is 11.9 Å². The molecule has 126 valence electrons. The van der Waals surface area contributed by atoms with Gasteiger partial charge in [0.1, 0.15) is 10.0 Å². The van der Waals surface area contributed by atoms with Gasteiger partial charge in [-0.2, -0.15) is 0 Å². The van der Waals surface area contributed by atoms with Crippen LogP contribution in [0.5, 0.6) is 0 Å². The second-order valence-corrected chi connectivity index (χ2v) is 9.43. The number of rotatable bonds is 3. The Bertz CT molecular complexity index is 1020. The van der Waals surface area contributed by atoms with Gasteiger partial charge in [0.05, 0.1) is 0 Å². The SMILES string of the molecule is Cc1ccc(S(=O)(=O)NC2CCc3[nH]c4ccc(F)cc4c3C2)s1. The smallest absolute Gasteiger partial charge is 0.250 e. The number of nitrogens with one attached hydrogen (secondary N) is 2. The minimum absolute atomic E-state index is 0.174. The molecular formula is C17H17FN2O2S2. The zero-order valence-corrected chi connectivity index (χ0v) is 14.7. The third-order valence-electron chi connectivity index (χ3n) is 4.45. The highest BCUT2D eigenvalue weighted by Gasteiger charge is 2.27. The van der Waals surface area contributed by atoms with Crippen molar-refractivity contribution in [3.8, 4) is 0 Å². The average Bonchev–Trinajstić information content (AvgIpc) is 3.11. The average molecular weight is 364 g/mol. The molecule has 0 saturated heterocycles. The largest absolute Gasteiger partial charge is 0.358 e. The molecule has 0 bridgehead atoms. The van der Waals surface area contributed by atoms with Gasteiger partial charge >= 0.3 is 0 Å². The monoisotopic (exact) mass is 364 g/mol. The fourth-order valence-corrected chi connectivity index (χ4v) is 5.89. The summed E-state index contributed by atoms with van der Waals surface area (Å²) in [5.74, 6) is -0.277. The van der Waals surface area contributed by atoms with E-state index < -0.39 is 10.0 Å². The molecule has 2 N–H and O–H groups in total. The molecule has 2 aromatic heterocycles. The second-order valence-electron chi connectivity index (χ2n) is 6.20. The number of aryl methyl sites for hydroxylation is 2. The van der Waals surface area contributed by atoms with Gasteiger partial charge < -0.3 is 4.98 Å². The first-order valence-electron chi connectivity index (χ1n) is 7.80. The van der Waals surface area contributed by atoms with Gasteiger partial charge in [-0.05, 0) is 62.1 Å². The summed E-state index contributed by atoms with van der Waals surface area (Å²) in [4.78, 5) is 4.29. The van der Waals surface area contributed by atoms with Crippen LogP contribution in [0.2, 0.25) is 0 Å². The highest BCUT2D eigenvalue weighted by Crippen LogP contribution is 2.30. The molecule has 0 fully saturated rings. The Morgan fingerprint density at radius 3 is 2.88 bits per heavy atom. The Labute approximate surface area is 143 Å². The fourth-order valence-electron chi connectivity index (χ4n) is 3.32. The van der Waals surface area contributed by atoms with E-state index in [1.54, 1.807) is 18.2 Å². The quantitative estimate of drug-likeness (QED) is 0.747. The molecule has 2 heterocycles. The number of aromatic amines is 1. The molecule has 0 radical (unpaired) electrons. The summed E-state index contributed by atoms with van der Waals surface area (Å²) in [6, 6.07) is 7.95. The van der Waals surface area contributed by atoms with Gasteiger partial charge in [0.2, 0.25) is 10.0 Å². The Hall–Kier alpha value is -1.70. The molecule has 1 aliphatic rings. The van der Waals surface area contributed by atoms with Crippen LogP contribution in [0.4, 0.5) is 4.39 Å². The summed E-state index contributed by atoms with van der Waals surface area (Å²) >= 11 is 1.27. The molecule has 3 aromatic rings. The number of hydrogen-bond acceptors (Lipinski definition) is 3. The van der Waals surface area contributed by atoms with Crippen molar-refractivity contribution < 1.29 is 12.8 Å². The minimum atomic E-state index is -3.50. The summed E-state index contributed by atoms with van der Waals surface area (Å²) in [6.07, 6.45) is 2.05. The Morgan fingerprint density at radius 2 is 2.12 bits per heavy atom. The van der Waals surface area contributed by atoms with E-state index in [9.17, 15) is 12.8 Å². The van der Waals surface area contributed by atoms with Crippen LogP contribution in [-0.4, -0.2) is 19.4 Å². The van der Waals surface area contributed by atoms with Crippen molar-refractivity contribution in [1.29, 1.82) is 0 Å². The van der Waals surface area contributed by atoms with Gasteiger partial charge in [-0.25, -0.2) is 17.5 Å². The van der Waals surface area contributed by atoms with E-state index >= 15 is 0 Å². The predicted molar refractivity (Wildman–Crippen MR) is 93.4 cm³/mol. The van der Waals surface area contributed by atoms with Crippen molar-refractivity contribution in [3.63, 3.8) is 0 Å². The molecular weight excluding hydrogens is 347 g/mol. The maximum absolute atomic E-state index is 13.6. The zero-order chi connectivity index (χ0) is 16.9. The van der Waals surface area contributed by atoms with Crippen LogP contribution in [-0.2, 0) is 22.9 Å². The summed E-state index contributed by atoms with van der Waals surface area (Å²) in [5, 5.41) is 0.848. The lowest BCUT2D eigenvalue weighted by Crippen LogP contribution is -2.38. The molecule has 0 saturated carbocycles. The molecule has 0 aliphatic heterocycles. The molecule has 0 amide bonds. The summed E-state index contributed by atoms with van der Waals surface area (Å²) in [7, 11) is -3.50. The van der Waals surface area contributed by atoms with Crippen molar-refractivity contribution in [2.45, 2.75) is 36.4 Å². The van der Waals surface area contributed by atoms with E-state index in [0.717, 1.165) is 39.9 Å². The van der Waals surface area contributed by atoms with E-state index in [1.807, 2.05) is 6.92 Å². The van der Waals surface area contributed by atoms with Crippen LogP contribution in [0.3, 0.4) is 0 Å². The second kappa shape index (κ2) is 5.68. The van der Waals surface area contributed by atoms with Crippen molar-refractivity contribution in [1.82, 2.24) is 9.71 Å². The highest BCUT2D eigenvalue weighted by molar-refractivity contribution is 7.91. The van der Waals surface area contributed by atoms with Crippen molar-refractivity contribution >= 4 is 32.3 Å². The normalized spacial score (nSPS) is 18.0. The van der Waals surface area contributed by atoms with Crippen LogP contribution in [0, 0.1) is 12.7 Å². The molecule has 1 aromatic carbocycles. The first-order chi connectivity index (χ1) is 11.4. The van der Waals surface area contributed by atoms with Gasteiger partial charge in [0, 0.05) is 27.5 Å². The Balaban J connectivity index is 1.62. The van der Waals surface area contributed by atoms with Gasteiger partial charge in [-0.3, -0.25) is 0 Å². The van der Waals surface area contributed by atoms with Gasteiger partial charge in [-0.15, -0.1) is 11.3 Å². The zero-order valence-electron chi connectivity index (χ0n) is 13.1. The lowest BCUT2D eigenvalue weighted by atomic mass is 9.92. The molecule has 1 atom stereocenters. The number of benzene rings is 1. The van der Waals surface area contributed by atoms with Crippen LogP contribution >= 0.6 is 11.3 Å². The van der Waals surface area contributed by atoms with Crippen molar-refractivity contribution in [2.75, 3.05) is 0 Å². The lowest BCUT2D eigenvalue weighted by molar-refractivity contribution is 0.507.